The van der Waals surface area contributed by atoms with Crippen molar-refractivity contribution in [1.29, 1.82) is 5.26 Å². The van der Waals surface area contributed by atoms with Crippen molar-refractivity contribution in [3.8, 4) is 11.8 Å². The van der Waals surface area contributed by atoms with Crippen LogP contribution in [0.25, 0.3) is 11.8 Å². The monoisotopic (exact) mass is 369 g/mol. The molecule has 3 rings (SSSR count). The second kappa shape index (κ2) is 7.98. The zero-order valence-electron chi connectivity index (χ0n) is 16.6. The second-order valence-corrected chi connectivity index (χ2v) is 6.99. The summed E-state index contributed by atoms with van der Waals surface area (Å²) in [6.07, 6.45) is 1.65. The lowest BCUT2D eigenvalue weighted by atomic mass is 10.1. The van der Waals surface area contributed by atoms with Crippen molar-refractivity contribution < 1.29 is 4.79 Å². The minimum Gasteiger partial charge on any atom is -0.321 e. The van der Waals surface area contributed by atoms with Crippen LogP contribution in [0.2, 0.25) is 0 Å². The Kier molecular flexibility index (Phi) is 5.47. The van der Waals surface area contributed by atoms with Gasteiger partial charge >= 0.3 is 0 Å². The summed E-state index contributed by atoms with van der Waals surface area (Å²) in [4.78, 5) is 12.6. The normalized spacial score (nSPS) is 11.2. The Labute approximate surface area is 165 Å². The van der Waals surface area contributed by atoms with Crippen LogP contribution in [0.1, 0.15) is 28.1 Å². The maximum atomic E-state index is 12.6. The van der Waals surface area contributed by atoms with Gasteiger partial charge < -0.3 is 9.88 Å². The van der Waals surface area contributed by atoms with Gasteiger partial charge in [-0.1, -0.05) is 24.3 Å². The van der Waals surface area contributed by atoms with Gasteiger partial charge in [0, 0.05) is 22.8 Å². The number of nitriles is 1. The highest BCUT2D eigenvalue weighted by Gasteiger charge is 2.14. The first kappa shape index (κ1) is 19.2. The summed E-state index contributed by atoms with van der Waals surface area (Å²) in [6.45, 7) is 8.03. The molecule has 0 saturated heterocycles. The lowest BCUT2D eigenvalue weighted by molar-refractivity contribution is -0.112. The number of benzene rings is 2. The molecule has 28 heavy (non-hydrogen) atoms. The SMILES string of the molecule is Cc1cccc(NC(=O)C(C#N)=Cc2cc(C)n(-c3cccc(C)c3)c2C)c1. The molecule has 0 aliphatic carbocycles. The average Bonchev–Trinajstić information content (AvgIpc) is 2.92. The van der Waals surface area contributed by atoms with Gasteiger partial charge in [0.25, 0.3) is 5.91 Å². The third-order valence-corrected chi connectivity index (χ3v) is 4.67. The fourth-order valence-corrected chi connectivity index (χ4v) is 3.32. The zero-order chi connectivity index (χ0) is 20.3. The van der Waals surface area contributed by atoms with E-state index < -0.39 is 5.91 Å². The van der Waals surface area contributed by atoms with Crippen molar-refractivity contribution in [3.63, 3.8) is 0 Å². The lowest BCUT2D eigenvalue weighted by Gasteiger charge is -2.10. The number of carbonyl (C=O) groups is 1. The number of hydrogen-bond donors (Lipinski definition) is 1. The summed E-state index contributed by atoms with van der Waals surface area (Å²) in [5, 5.41) is 12.3. The van der Waals surface area contributed by atoms with Crippen molar-refractivity contribution in [2.75, 3.05) is 5.32 Å². The summed E-state index contributed by atoms with van der Waals surface area (Å²) >= 11 is 0. The largest absolute Gasteiger partial charge is 0.321 e. The fourth-order valence-electron chi connectivity index (χ4n) is 3.32. The molecule has 2 aromatic carbocycles. The van der Waals surface area contributed by atoms with Crippen molar-refractivity contribution in [2.45, 2.75) is 27.7 Å². The Morgan fingerprint density at radius 1 is 1.00 bits per heavy atom. The van der Waals surface area contributed by atoms with Crippen LogP contribution in [0.3, 0.4) is 0 Å². The number of aromatic nitrogens is 1. The number of carbonyl (C=O) groups excluding carboxylic acids is 1. The highest BCUT2D eigenvalue weighted by atomic mass is 16.1. The number of aryl methyl sites for hydroxylation is 3. The van der Waals surface area contributed by atoms with Crippen molar-refractivity contribution in [2.24, 2.45) is 0 Å². The molecule has 0 aliphatic heterocycles. The summed E-state index contributed by atoms with van der Waals surface area (Å²) < 4.78 is 2.13. The molecule has 0 saturated carbocycles. The van der Waals surface area contributed by atoms with E-state index in [1.807, 2.05) is 63.2 Å². The quantitative estimate of drug-likeness (QED) is 0.504. The van der Waals surface area contributed by atoms with Crippen molar-refractivity contribution in [3.05, 3.63) is 88.2 Å². The molecule has 1 amide bonds. The molecule has 1 N–H and O–H groups in total. The van der Waals surface area contributed by atoms with E-state index in [4.69, 9.17) is 0 Å². The highest BCUT2D eigenvalue weighted by Crippen LogP contribution is 2.23. The van der Waals surface area contributed by atoms with Gasteiger partial charge in [0.05, 0.1) is 0 Å². The van der Waals surface area contributed by atoms with E-state index in [2.05, 4.69) is 35.0 Å². The van der Waals surface area contributed by atoms with Gasteiger partial charge in [0.2, 0.25) is 0 Å². The average molecular weight is 369 g/mol. The van der Waals surface area contributed by atoms with E-state index in [1.54, 1.807) is 6.08 Å². The number of rotatable bonds is 4. The van der Waals surface area contributed by atoms with Crippen molar-refractivity contribution >= 4 is 17.7 Å². The molecule has 4 nitrogen and oxygen atoms in total. The predicted molar refractivity (Wildman–Crippen MR) is 113 cm³/mol. The van der Waals surface area contributed by atoms with E-state index in [9.17, 15) is 10.1 Å². The first-order valence-corrected chi connectivity index (χ1v) is 9.15. The van der Waals surface area contributed by atoms with Gasteiger partial charge in [-0.15, -0.1) is 0 Å². The van der Waals surface area contributed by atoms with Crippen LogP contribution in [0.15, 0.2) is 60.2 Å². The van der Waals surface area contributed by atoms with Crippen LogP contribution >= 0.6 is 0 Å². The van der Waals surface area contributed by atoms with Gasteiger partial charge in [0.15, 0.2) is 0 Å². The third-order valence-electron chi connectivity index (χ3n) is 4.67. The maximum Gasteiger partial charge on any atom is 0.266 e. The van der Waals surface area contributed by atoms with Crippen molar-refractivity contribution in [1.82, 2.24) is 4.57 Å². The van der Waals surface area contributed by atoms with Crippen LogP contribution < -0.4 is 5.32 Å². The molecular weight excluding hydrogens is 346 g/mol. The standard InChI is InChI=1S/C24H23N3O/c1-16-7-5-9-22(11-16)26-24(28)21(15-25)14-20-13-18(3)27(19(20)4)23-10-6-8-17(2)12-23/h5-14H,1-4H3,(H,26,28). The summed E-state index contributed by atoms with van der Waals surface area (Å²) in [7, 11) is 0. The van der Waals surface area contributed by atoms with Crippen LogP contribution in [0, 0.1) is 39.0 Å². The molecular formula is C24H23N3O. The molecule has 0 spiro atoms. The Morgan fingerprint density at radius 2 is 1.68 bits per heavy atom. The van der Waals surface area contributed by atoms with E-state index in [0.717, 1.165) is 28.2 Å². The second-order valence-electron chi connectivity index (χ2n) is 6.99. The van der Waals surface area contributed by atoms with Crippen LogP contribution in [-0.4, -0.2) is 10.5 Å². The minimum atomic E-state index is -0.409. The van der Waals surface area contributed by atoms with E-state index >= 15 is 0 Å². The minimum absolute atomic E-state index is 0.0750. The van der Waals surface area contributed by atoms with E-state index in [1.165, 1.54) is 5.56 Å². The topological polar surface area (TPSA) is 57.8 Å². The van der Waals surface area contributed by atoms with Gasteiger partial charge in [-0.25, -0.2) is 0 Å². The molecule has 0 unspecified atom stereocenters. The fraction of sp³-hybridized carbons (Fsp3) is 0.167. The van der Waals surface area contributed by atoms with Crippen LogP contribution in [0.4, 0.5) is 5.69 Å². The van der Waals surface area contributed by atoms with E-state index in [0.29, 0.717) is 5.69 Å². The molecule has 0 bridgehead atoms. The highest BCUT2D eigenvalue weighted by molar-refractivity contribution is 6.09. The number of amides is 1. The summed E-state index contributed by atoms with van der Waals surface area (Å²) in [5.41, 5.74) is 6.93. The zero-order valence-corrected chi connectivity index (χ0v) is 16.6. The Morgan fingerprint density at radius 3 is 2.32 bits per heavy atom. The summed E-state index contributed by atoms with van der Waals surface area (Å²) in [6, 6.07) is 19.8. The van der Waals surface area contributed by atoms with Gasteiger partial charge in [-0.2, -0.15) is 5.26 Å². The van der Waals surface area contributed by atoms with Crippen LogP contribution in [-0.2, 0) is 4.79 Å². The molecule has 0 fully saturated rings. The number of nitrogens with one attached hydrogen (secondary N) is 1. The first-order chi connectivity index (χ1) is 13.4. The Bertz CT molecular complexity index is 1110. The molecule has 4 heteroatoms. The third kappa shape index (κ3) is 4.05. The molecule has 1 heterocycles. The molecule has 0 atom stereocenters. The smallest absolute Gasteiger partial charge is 0.266 e. The first-order valence-electron chi connectivity index (χ1n) is 9.15. The number of anilines is 1. The van der Waals surface area contributed by atoms with Crippen LogP contribution in [0.5, 0.6) is 0 Å². The maximum absolute atomic E-state index is 12.6. The number of hydrogen-bond acceptors (Lipinski definition) is 2. The molecule has 3 aromatic rings. The molecule has 140 valence electrons. The molecule has 0 aliphatic rings. The van der Waals surface area contributed by atoms with Gasteiger partial charge in [-0.05, 0) is 80.8 Å². The Balaban J connectivity index is 1.94. The predicted octanol–water partition coefficient (Wildman–Crippen LogP) is 5.26. The Hall–Kier alpha value is -3.58. The molecule has 1 aromatic heterocycles. The summed E-state index contributed by atoms with van der Waals surface area (Å²) in [5.74, 6) is -0.409. The molecule has 0 radical (unpaired) electrons. The van der Waals surface area contributed by atoms with E-state index in [-0.39, 0.29) is 5.57 Å². The van der Waals surface area contributed by atoms with Gasteiger partial charge in [0.1, 0.15) is 11.6 Å². The number of nitrogens with zero attached hydrogens (tertiary/aromatic N) is 2. The van der Waals surface area contributed by atoms with Gasteiger partial charge in [-0.3, -0.25) is 4.79 Å². The lowest BCUT2D eigenvalue weighted by Crippen LogP contribution is -2.13.